The molecule has 20 heavy (non-hydrogen) atoms. The van der Waals surface area contributed by atoms with Crippen molar-refractivity contribution in [3.8, 4) is 0 Å². The van der Waals surface area contributed by atoms with Crippen LogP contribution in [-0.2, 0) is 4.74 Å². The van der Waals surface area contributed by atoms with E-state index >= 15 is 0 Å². The number of nitro groups is 1. The number of aromatic nitrogens is 3. The largest absolute Gasteiger partial charge is 0.394 e. The van der Waals surface area contributed by atoms with E-state index in [1.807, 2.05) is 0 Å². The number of hydrogen-bond donors (Lipinski definition) is 2. The molecule has 0 aliphatic carbocycles. The van der Waals surface area contributed by atoms with Gasteiger partial charge in [0.25, 0.3) is 5.69 Å². The predicted octanol–water partition coefficient (Wildman–Crippen LogP) is -0.0198. The van der Waals surface area contributed by atoms with Crippen LogP contribution < -0.4 is 0 Å². The van der Waals surface area contributed by atoms with Gasteiger partial charge in [-0.15, -0.1) is 5.10 Å². The number of hydrogen-bond acceptors (Lipinski definition) is 7. The average Bonchev–Trinajstić information content (AvgIpc) is 3.00. The molecule has 0 spiro atoms. The molecule has 2 aromatic rings. The van der Waals surface area contributed by atoms with Crippen molar-refractivity contribution in [1.29, 1.82) is 0 Å². The molecule has 0 radical (unpaired) electrons. The van der Waals surface area contributed by atoms with Gasteiger partial charge in [0.1, 0.15) is 11.6 Å². The molecule has 1 fully saturated rings. The van der Waals surface area contributed by atoms with Crippen LogP contribution in [0, 0.1) is 10.1 Å². The molecule has 3 rings (SSSR count). The molecule has 0 saturated carbocycles. The van der Waals surface area contributed by atoms with Gasteiger partial charge in [-0.3, -0.25) is 10.1 Å². The molecule has 3 atom stereocenters. The van der Waals surface area contributed by atoms with E-state index < -0.39 is 23.4 Å². The molecule has 9 heteroatoms. The summed E-state index contributed by atoms with van der Waals surface area (Å²) in [6.45, 7) is -0.307. The van der Waals surface area contributed by atoms with Gasteiger partial charge in [-0.2, -0.15) is 9.90 Å². The fraction of sp³-hybridized carbons (Fsp3) is 0.455. The molecule has 1 aromatic carbocycles. The number of nitrogens with zero attached hydrogens (tertiary/aromatic N) is 4. The lowest BCUT2D eigenvalue weighted by Gasteiger charge is -2.10. The van der Waals surface area contributed by atoms with Gasteiger partial charge in [0.05, 0.1) is 17.6 Å². The monoisotopic (exact) mass is 280 g/mol. The van der Waals surface area contributed by atoms with Crippen LogP contribution in [0.3, 0.4) is 0 Å². The van der Waals surface area contributed by atoms with Crippen LogP contribution in [0.25, 0.3) is 11.0 Å². The molecule has 0 amide bonds. The Bertz CT molecular complexity index is 657. The third-order valence-electron chi connectivity index (χ3n) is 3.24. The Balaban J connectivity index is 1.98. The van der Waals surface area contributed by atoms with Gasteiger partial charge in [-0.25, -0.2) is 0 Å². The van der Waals surface area contributed by atoms with Gasteiger partial charge in [-0.05, 0) is 6.07 Å². The van der Waals surface area contributed by atoms with E-state index in [-0.39, 0.29) is 24.2 Å². The molecule has 2 heterocycles. The Hall–Kier alpha value is -2.10. The highest BCUT2D eigenvalue weighted by Crippen LogP contribution is 2.29. The van der Waals surface area contributed by atoms with Gasteiger partial charge in [0.2, 0.25) is 0 Å². The second-order valence-electron chi connectivity index (χ2n) is 4.54. The van der Waals surface area contributed by atoms with Crippen LogP contribution in [0.1, 0.15) is 12.6 Å². The summed E-state index contributed by atoms with van der Waals surface area (Å²) in [7, 11) is 0. The second-order valence-corrected chi connectivity index (χ2v) is 4.54. The van der Waals surface area contributed by atoms with Gasteiger partial charge in [0.15, 0.2) is 11.7 Å². The summed E-state index contributed by atoms with van der Waals surface area (Å²) < 4.78 is 5.41. The number of nitro benzene ring substituents is 1. The minimum absolute atomic E-state index is 0.133. The molecule has 1 aliphatic heterocycles. The molecule has 2 N–H and O–H groups in total. The highest BCUT2D eigenvalue weighted by atomic mass is 16.6. The Morgan fingerprint density at radius 1 is 1.50 bits per heavy atom. The first-order valence-corrected chi connectivity index (χ1v) is 6.04. The predicted molar refractivity (Wildman–Crippen MR) is 65.8 cm³/mol. The van der Waals surface area contributed by atoms with E-state index in [2.05, 4.69) is 10.2 Å². The Labute approximate surface area is 112 Å². The summed E-state index contributed by atoms with van der Waals surface area (Å²) in [5, 5.41) is 37.8. The summed E-state index contributed by atoms with van der Waals surface area (Å²) >= 11 is 0. The Kier molecular flexibility index (Phi) is 3.08. The van der Waals surface area contributed by atoms with Crippen LogP contribution in [-0.4, -0.2) is 48.9 Å². The van der Waals surface area contributed by atoms with E-state index in [0.29, 0.717) is 5.52 Å². The second kappa shape index (κ2) is 4.78. The number of benzene rings is 1. The topological polar surface area (TPSA) is 124 Å². The smallest absolute Gasteiger partial charge is 0.299 e. The molecular weight excluding hydrogens is 268 g/mol. The molecule has 1 aromatic heterocycles. The lowest BCUT2D eigenvalue weighted by molar-refractivity contribution is -0.383. The highest BCUT2D eigenvalue weighted by Gasteiger charge is 2.36. The summed E-state index contributed by atoms with van der Waals surface area (Å²) in [4.78, 5) is 11.6. The van der Waals surface area contributed by atoms with Gasteiger partial charge in [-0.1, -0.05) is 6.07 Å². The minimum atomic E-state index is -0.811. The van der Waals surface area contributed by atoms with Crippen molar-refractivity contribution in [2.45, 2.75) is 24.9 Å². The van der Waals surface area contributed by atoms with Crippen molar-refractivity contribution < 1.29 is 19.9 Å². The maximum Gasteiger partial charge on any atom is 0.299 e. The fourth-order valence-electron chi connectivity index (χ4n) is 2.23. The van der Waals surface area contributed by atoms with Crippen molar-refractivity contribution in [3.05, 3.63) is 28.3 Å². The SMILES string of the molecule is O=[N+]([O-])c1cccc2nn([C@H]3C[C@H](O)[C@@H](CO)O3)nc12. The van der Waals surface area contributed by atoms with E-state index in [0.717, 1.165) is 0 Å². The van der Waals surface area contributed by atoms with Crippen molar-refractivity contribution in [2.24, 2.45) is 0 Å². The van der Waals surface area contributed by atoms with Crippen LogP contribution in [0.4, 0.5) is 5.69 Å². The van der Waals surface area contributed by atoms with Crippen molar-refractivity contribution >= 4 is 16.7 Å². The first-order chi connectivity index (χ1) is 9.60. The Morgan fingerprint density at radius 3 is 2.95 bits per heavy atom. The number of ether oxygens (including phenoxy) is 1. The van der Waals surface area contributed by atoms with Crippen molar-refractivity contribution in [3.63, 3.8) is 0 Å². The van der Waals surface area contributed by atoms with Crippen LogP contribution in [0.2, 0.25) is 0 Å². The lowest BCUT2D eigenvalue weighted by atomic mass is 10.2. The maximum absolute atomic E-state index is 10.9. The van der Waals surface area contributed by atoms with Crippen molar-refractivity contribution in [1.82, 2.24) is 15.0 Å². The lowest BCUT2D eigenvalue weighted by Crippen LogP contribution is -2.24. The van der Waals surface area contributed by atoms with Gasteiger partial charge < -0.3 is 14.9 Å². The standard InChI is InChI=1S/C11H12N4O5/c16-5-9-8(17)4-10(20-9)14-12-6-2-1-3-7(15(18)19)11(6)13-14/h1-3,8-10,16-17H,4-5H2/t8-,9+,10+/m0/s1. The number of aliphatic hydroxyl groups is 2. The zero-order valence-corrected chi connectivity index (χ0v) is 10.3. The molecule has 0 unspecified atom stereocenters. The minimum Gasteiger partial charge on any atom is -0.394 e. The normalized spacial score (nSPS) is 26.2. The molecule has 1 aliphatic rings. The summed E-state index contributed by atoms with van der Waals surface area (Å²) in [6.07, 6.45) is -1.92. The highest BCUT2D eigenvalue weighted by molar-refractivity contribution is 5.83. The molecular formula is C11H12N4O5. The van der Waals surface area contributed by atoms with Gasteiger partial charge >= 0.3 is 0 Å². The maximum atomic E-state index is 10.9. The molecule has 0 bridgehead atoms. The van der Waals surface area contributed by atoms with E-state index in [9.17, 15) is 15.2 Å². The van der Waals surface area contributed by atoms with Crippen LogP contribution in [0.15, 0.2) is 18.2 Å². The van der Waals surface area contributed by atoms with E-state index in [1.165, 1.54) is 16.9 Å². The summed E-state index contributed by atoms with van der Waals surface area (Å²) in [6, 6.07) is 4.49. The average molecular weight is 280 g/mol. The third kappa shape index (κ3) is 2.01. The quantitative estimate of drug-likeness (QED) is 0.598. The first-order valence-electron chi connectivity index (χ1n) is 6.04. The molecule has 106 valence electrons. The Morgan fingerprint density at radius 2 is 2.30 bits per heavy atom. The molecule has 9 nitrogen and oxygen atoms in total. The number of aliphatic hydroxyl groups excluding tert-OH is 2. The number of fused-ring (bicyclic) bond motifs is 1. The van der Waals surface area contributed by atoms with E-state index in [4.69, 9.17) is 9.84 Å². The van der Waals surface area contributed by atoms with Crippen molar-refractivity contribution in [2.75, 3.05) is 6.61 Å². The first kappa shape index (κ1) is 12.9. The van der Waals surface area contributed by atoms with E-state index in [1.54, 1.807) is 6.07 Å². The molecule has 1 saturated heterocycles. The zero-order valence-electron chi connectivity index (χ0n) is 10.3. The third-order valence-corrected chi connectivity index (χ3v) is 3.24. The van der Waals surface area contributed by atoms with Crippen LogP contribution in [0.5, 0.6) is 0 Å². The summed E-state index contributed by atoms with van der Waals surface area (Å²) in [5.74, 6) is 0. The van der Waals surface area contributed by atoms with Crippen LogP contribution >= 0.6 is 0 Å². The fourth-order valence-corrected chi connectivity index (χ4v) is 2.23. The zero-order chi connectivity index (χ0) is 14.3. The number of rotatable bonds is 3. The van der Waals surface area contributed by atoms with Gasteiger partial charge in [0, 0.05) is 12.5 Å². The summed E-state index contributed by atoms with van der Waals surface area (Å²) in [5.41, 5.74) is 0.416. The number of non-ortho nitro benzene ring substituents is 1.